The molecule has 1 N–H and O–H groups in total. The Morgan fingerprint density at radius 2 is 1.58 bits per heavy atom. The standard InChI is InChI=1S/C18H22N2O3S/c1-20(24(2,22)23)17(16-11-7-4-8-12-16)18(21)19-14-13-15-9-5-3-6-10-15/h3-12,17H,13-14H2,1-2H3,(H,19,21)/t17-/m1/s1. The number of nitrogens with one attached hydrogen (secondary N) is 1. The van der Waals surface area contributed by atoms with E-state index in [1.807, 2.05) is 36.4 Å². The predicted octanol–water partition coefficient (Wildman–Crippen LogP) is 1.98. The third kappa shape index (κ3) is 4.91. The molecule has 1 amide bonds. The fourth-order valence-corrected chi connectivity index (χ4v) is 3.03. The number of carbonyl (C=O) groups excluding carboxylic acids is 1. The second-order valence-electron chi connectivity index (χ2n) is 5.62. The summed E-state index contributed by atoms with van der Waals surface area (Å²) in [5, 5.41) is 2.84. The van der Waals surface area contributed by atoms with Gasteiger partial charge in [0, 0.05) is 13.6 Å². The van der Waals surface area contributed by atoms with Crippen LogP contribution in [-0.2, 0) is 21.2 Å². The molecule has 0 bridgehead atoms. The van der Waals surface area contributed by atoms with Gasteiger partial charge in [-0.1, -0.05) is 60.7 Å². The zero-order valence-corrected chi connectivity index (χ0v) is 14.7. The van der Waals surface area contributed by atoms with Crippen molar-refractivity contribution in [3.05, 3.63) is 71.8 Å². The molecule has 0 radical (unpaired) electrons. The average Bonchev–Trinajstić information content (AvgIpc) is 2.56. The van der Waals surface area contributed by atoms with Crippen molar-refractivity contribution in [3.63, 3.8) is 0 Å². The minimum atomic E-state index is -3.50. The first-order valence-corrected chi connectivity index (χ1v) is 9.54. The number of amides is 1. The molecule has 1 atom stereocenters. The summed E-state index contributed by atoms with van der Waals surface area (Å²) >= 11 is 0. The number of likely N-dealkylation sites (N-methyl/N-ethyl adjacent to an activating group) is 1. The molecule has 0 fully saturated rings. The van der Waals surface area contributed by atoms with Gasteiger partial charge in [0.25, 0.3) is 0 Å². The molecule has 0 unspecified atom stereocenters. The Kier molecular flexibility index (Phi) is 6.11. The van der Waals surface area contributed by atoms with E-state index >= 15 is 0 Å². The Balaban J connectivity index is 2.10. The molecule has 0 saturated carbocycles. The number of hydrogen-bond donors (Lipinski definition) is 1. The lowest BCUT2D eigenvalue weighted by molar-refractivity contribution is -0.124. The highest BCUT2D eigenvalue weighted by atomic mass is 32.2. The maximum atomic E-state index is 12.6. The minimum absolute atomic E-state index is 0.329. The quantitative estimate of drug-likeness (QED) is 0.834. The smallest absolute Gasteiger partial charge is 0.243 e. The van der Waals surface area contributed by atoms with Gasteiger partial charge in [-0.05, 0) is 17.5 Å². The van der Waals surface area contributed by atoms with Gasteiger partial charge in [-0.3, -0.25) is 4.79 Å². The topological polar surface area (TPSA) is 66.5 Å². The summed E-state index contributed by atoms with van der Waals surface area (Å²) in [5.74, 6) is -0.329. The van der Waals surface area contributed by atoms with Gasteiger partial charge >= 0.3 is 0 Å². The van der Waals surface area contributed by atoms with Gasteiger partial charge in [0.2, 0.25) is 15.9 Å². The van der Waals surface area contributed by atoms with Gasteiger partial charge in [0.15, 0.2) is 0 Å². The Bertz CT molecular complexity index is 761. The van der Waals surface area contributed by atoms with E-state index in [1.165, 1.54) is 7.05 Å². The van der Waals surface area contributed by atoms with Crippen molar-refractivity contribution in [3.8, 4) is 0 Å². The van der Waals surface area contributed by atoms with Crippen LogP contribution in [0.25, 0.3) is 0 Å². The molecular formula is C18H22N2O3S. The van der Waals surface area contributed by atoms with Crippen molar-refractivity contribution in [1.29, 1.82) is 0 Å². The van der Waals surface area contributed by atoms with Crippen LogP contribution >= 0.6 is 0 Å². The van der Waals surface area contributed by atoms with Crippen LogP contribution in [0.5, 0.6) is 0 Å². The van der Waals surface area contributed by atoms with Crippen molar-refractivity contribution in [1.82, 2.24) is 9.62 Å². The summed E-state index contributed by atoms with van der Waals surface area (Å²) in [7, 11) is -2.08. The van der Waals surface area contributed by atoms with Crippen LogP contribution < -0.4 is 5.32 Å². The van der Waals surface area contributed by atoms with Crippen molar-refractivity contribution in [2.45, 2.75) is 12.5 Å². The molecule has 0 aliphatic rings. The monoisotopic (exact) mass is 346 g/mol. The van der Waals surface area contributed by atoms with Crippen LogP contribution in [0.15, 0.2) is 60.7 Å². The van der Waals surface area contributed by atoms with E-state index in [2.05, 4.69) is 5.32 Å². The number of nitrogens with zero attached hydrogens (tertiary/aromatic N) is 1. The van der Waals surface area contributed by atoms with Gasteiger partial charge in [0.1, 0.15) is 6.04 Å². The minimum Gasteiger partial charge on any atom is -0.354 e. The highest BCUT2D eigenvalue weighted by molar-refractivity contribution is 7.88. The molecule has 6 heteroatoms. The zero-order valence-electron chi connectivity index (χ0n) is 13.8. The normalized spacial score (nSPS) is 12.8. The summed E-state index contributed by atoms with van der Waals surface area (Å²) in [6, 6.07) is 17.8. The van der Waals surface area contributed by atoms with Crippen LogP contribution in [-0.4, -0.2) is 38.5 Å². The van der Waals surface area contributed by atoms with Crippen molar-refractivity contribution in [2.75, 3.05) is 19.8 Å². The van der Waals surface area contributed by atoms with E-state index in [0.717, 1.165) is 16.1 Å². The molecule has 24 heavy (non-hydrogen) atoms. The van der Waals surface area contributed by atoms with Gasteiger partial charge < -0.3 is 5.32 Å². The van der Waals surface area contributed by atoms with E-state index in [4.69, 9.17) is 0 Å². The number of rotatable bonds is 7. The molecule has 0 spiro atoms. The Morgan fingerprint density at radius 3 is 2.12 bits per heavy atom. The SMILES string of the molecule is CN([C@@H](C(=O)NCCc1ccccc1)c1ccccc1)S(C)(=O)=O. The van der Waals surface area contributed by atoms with Crippen molar-refractivity contribution >= 4 is 15.9 Å². The fourth-order valence-electron chi connectivity index (χ4n) is 2.42. The molecule has 2 aromatic rings. The summed E-state index contributed by atoms with van der Waals surface area (Å²) in [4.78, 5) is 12.6. The van der Waals surface area contributed by atoms with Crippen LogP contribution in [0.4, 0.5) is 0 Å². The first-order chi connectivity index (χ1) is 11.4. The second-order valence-corrected chi connectivity index (χ2v) is 7.66. The summed E-state index contributed by atoms with van der Waals surface area (Å²) < 4.78 is 24.9. The fraction of sp³-hybridized carbons (Fsp3) is 0.278. The molecule has 0 aliphatic heterocycles. The molecule has 5 nitrogen and oxygen atoms in total. The summed E-state index contributed by atoms with van der Waals surface area (Å²) in [5.41, 5.74) is 1.76. The lowest BCUT2D eigenvalue weighted by atomic mass is 10.1. The first kappa shape index (κ1) is 18.2. The Labute approximate surface area is 143 Å². The summed E-state index contributed by atoms with van der Waals surface area (Å²) in [6.45, 7) is 0.448. The maximum absolute atomic E-state index is 12.6. The van der Waals surface area contributed by atoms with Crippen LogP contribution in [0.1, 0.15) is 17.2 Å². The molecule has 0 aromatic heterocycles. The van der Waals surface area contributed by atoms with Gasteiger partial charge in [0.05, 0.1) is 6.26 Å². The number of carbonyl (C=O) groups is 1. The van der Waals surface area contributed by atoms with Crippen LogP contribution in [0.3, 0.4) is 0 Å². The van der Waals surface area contributed by atoms with Crippen molar-refractivity contribution < 1.29 is 13.2 Å². The number of sulfonamides is 1. The third-order valence-electron chi connectivity index (χ3n) is 3.81. The Hall–Kier alpha value is -2.18. The van der Waals surface area contributed by atoms with E-state index in [0.29, 0.717) is 18.5 Å². The molecular weight excluding hydrogens is 324 g/mol. The van der Waals surface area contributed by atoms with Crippen molar-refractivity contribution in [2.24, 2.45) is 0 Å². The van der Waals surface area contributed by atoms with E-state index in [1.54, 1.807) is 24.3 Å². The third-order valence-corrected chi connectivity index (χ3v) is 5.06. The summed E-state index contributed by atoms with van der Waals surface area (Å²) in [6.07, 6.45) is 1.79. The molecule has 0 heterocycles. The number of hydrogen-bond acceptors (Lipinski definition) is 3. The first-order valence-electron chi connectivity index (χ1n) is 7.69. The molecule has 128 valence electrons. The highest BCUT2D eigenvalue weighted by Crippen LogP contribution is 2.21. The lowest BCUT2D eigenvalue weighted by Gasteiger charge is -2.25. The predicted molar refractivity (Wildman–Crippen MR) is 94.9 cm³/mol. The van der Waals surface area contributed by atoms with Gasteiger partial charge in [-0.25, -0.2) is 8.42 Å². The second kappa shape index (κ2) is 8.08. The average molecular weight is 346 g/mol. The van der Waals surface area contributed by atoms with Gasteiger partial charge in [-0.15, -0.1) is 0 Å². The molecule has 0 aliphatic carbocycles. The highest BCUT2D eigenvalue weighted by Gasteiger charge is 2.30. The molecule has 2 aromatic carbocycles. The number of benzene rings is 2. The van der Waals surface area contributed by atoms with Crippen LogP contribution in [0.2, 0.25) is 0 Å². The van der Waals surface area contributed by atoms with Gasteiger partial charge in [-0.2, -0.15) is 4.31 Å². The molecule has 2 rings (SSSR count). The Morgan fingerprint density at radius 1 is 1.04 bits per heavy atom. The maximum Gasteiger partial charge on any atom is 0.243 e. The van der Waals surface area contributed by atoms with Crippen LogP contribution in [0, 0.1) is 0 Å². The zero-order chi connectivity index (χ0) is 17.6. The van der Waals surface area contributed by atoms with E-state index in [-0.39, 0.29) is 5.91 Å². The molecule has 0 saturated heterocycles. The largest absolute Gasteiger partial charge is 0.354 e. The van der Waals surface area contributed by atoms with E-state index < -0.39 is 16.1 Å². The van der Waals surface area contributed by atoms with E-state index in [9.17, 15) is 13.2 Å². The lowest BCUT2D eigenvalue weighted by Crippen LogP contribution is -2.41.